The standard InChI is InChI=1S/C18H26N2O/c1-20(2)13-7-6-12-19-14-15-10-11-18(21-3)17-9-5-4-8-16(15)17/h4-5,8-11,19H,6-7,12-14H2,1-3H3. The van der Waals surface area contributed by atoms with Crippen molar-refractivity contribution in [1.29, 1.82) is 0 Å². The third-order valence-electron chi connectivity index (χ3n) is 3.72. The highest BCUT2D eigenvalue weighted by molar-refractivity contribution is 5.91. The largest absolute Gasteiger partial charge is 0.496 e. The Balaban J connectivity index is 1.93. The molecule has 2 aromatic rings. The van der Waals surface area contributed by atoms with Gasteiger partial charge in [-0.25, -0.2) is 0 Å². The fourth-order valence-electron chi connectivity index (χ4n) is 2.57. The van der Waals surface area contributed by atoms with Gasteiger partial charge in [0.15, 0.2) is 0 Å². The molecule has 0 amide bonds. The van der Waals surface area contributed by atoms with E-state index in [0.29, 0.717) is 0 Å². The summed E-state index contributed by atoms with van der Waals surface area (Å²) in [4.78, 5) is 2.23. The van der Waals surface area contributed by atoms with Crippen LogP contribution in [0.4, 0.5) is 0 Å². The van der Waals surface area contributed by atoms with E-state index in [1.165, 1.54) is 29.2 Å². The highest BCUT2D eigenvalue weighted by atomic mass is 16.5. The quantitative estimate of drug-likeness (QED) is 0.754. The first kappa shape index (κ1) is 15.8. The Morgan fingerprint density at radius 1 is 1.00 bits per heavy atom. The van der Waals surface area contributed by atoms with Crippen LogP contribution in [0, 0.1) is 0 Å². The number of unbranched alkanes of at least 4 members (excludes halogenated alkanes) is 1. The van der Waals surface area contributed by atoms with Crippen LogP contribution in [0.1, 0.15) is 18.4 Å². The topological polar surface area (TPSA) is 24.5 Å². The molecular formula is C18H26N2O. The number of nitrogens with zero attached hydrogens (tertiary/aromatic N) is 1. The average Bonchev–Trinajstić information content (AvgIpc) is 2.50. The third-order valence-corrected chi connectivity index (χ3v) is 3.72. The zero-order chi connectivity index (χ0) is 15.1. The zero-order valence-electron chi connectivity index (χ0n) is 13.4. The lowest BCUT2D eigenvalue weighted by Gasteiger charge is -2.12. The molecule has 0 aliphatic carbocycles. The van der Waals surface area contributed by atoms with Gasteiger partial charge in [0.05, 0.1) is 7.11 Å². The smallest absolute Gasteiger partial charge is 0.126 e. The van der Waals surface area contributed by atoms with Crippen molar-refractivity contribution in [3.8, 4) is 5.75 Å². The van der Waals surface area contributed by atoms with Crippen molar-refractivity contribution in [2.75, 3.05) is 34.3 Å². The molecule has 0 aliphatic rings. The van der Waals surface area contributed by atoms with Crippen LogP contribution in [0.3, 0.4) is 0 Å². The molecule has 114 valence electrons. The Bertz CT molecular complexity index is 566. The van der Waals surface area contributed by atoms with Crippen LogP contribution in [-0.4, -0.2) is 39.2 Å². The Labute approximate surface area is 127 Å². The molecule has 2 aromatic carbocycles. The lowest BCUT2D eigenvalue weighted by molar-refractivity contribution is 0.391. The van der Waals surface area contributed by atoms with E-state index in [1.807, 2.05) is 0 Å². The predicted octanol–water partition coefficient (Wildman–Crippen LogP) is 3.28. The molecule has 2 rings (SSSR count). The summed E-state index contributed by atoms with van der Waals surface area (Å²) in [5.41, 5.74) is 1.33. The molecule has 3 nitrogen and oxygen atoms in total. The van der Waals surface area contributed by atoms with E-state index in [0.717, 1.165) is 25.4 Å². The van der Waals surface area contributed by atoms with Crippen molar-refractivity contribution in [2.24, 2.45) is 0 Å². The normalized spacial score (nSPS) is 11.2. The lowest BCUT2D eigenvalue weighted by atomic mass is 10.0. The van der Waals surface area contributed by atoms with Crippen LogP contribution in [0.15, 0.2) is 36.4 Å². The maximum atomic E-state index is 5.44. The summed E-state index contributed by atoms with van der Waals surface area (Å²) in [7, 11) is 5.97. The van der Waals surface area contributed by atoms with E-state index in [1.54, 1.807) is 7.11 Å². The van der Waals surface area contributed by atoms with Crippen LogP contribution in [0.2, 0.25) is 0 Å². The Morgan fingerprint density at radius 2 is 1.76 bits per heavy atom. The van der Waals surface area contributed by atoms with Crippen LogP contribution < -0.4 is 10.1 Å². The van der Waals surface area contributed by atoms with Crippen molar-refractivity contribution in [3.63, 3.8) is 0 Å². The number of hydrogen-bond acceptors (Lipinski definition) is 3. The summed E-state index contributed by atoms with van der Waals surface area (Å²) < 4.78 is 5.44. The molecule has 0 heterocycles. The molecular weight excluding hydrogens is 260 g/mol. The van der Waals surface area contributed by atoms with Crippen molar-refractivity contribution in [3.05, 3.63) is 42.0 Å². The third kappa shape index (κ3) is 4.45. The van der Waals surface area contributed by atoms with Gasteiger partial charge < -0.3 is 15.0 Å². The molecule has 0 unspecified atom stereocenters. The summed E-state index contributed by atoms with van der Waals surface area (Å²) in [6.45, 7) is 3.13. The molecule has 0 saturated carbocycles. The van der Waals surface area contributed by atoms with Crippen molar-refractivity contribution in [2.45, 2.75) is 19.4 Å². The molecule has 0 atom stereocenters. The fourth-order valence-corrected chi connectivity index (χ4v) is 2.57. The summed E-state index contributed by atoms with van der Waals surface area (Å²) >= 11 is 0. The number of fused-ring (bicyclic) bond motifs is 1. The van der Waals surface area contributed by atoms with Gasteiger partial charge in [-0.1, -0.05) is 30.3 Å². The van der Waals surface area contributed by atoms with Gasteiger partial charge in [0.2, 0.25) is 0 Å². The Hall–Kier alpha value is -1.58. The highest BCUT2D eigenvalue weighted by Crippen LogP contribution is 2.28. The van der Waals surface area contributed by atoms with Gasteiger partial charge in [-0.2, -0.15) is 0 Å². The molecule has 0 bridgehead atoms. The van der Waals surface area contributed by atoms with E-state index < -0.39 is 0 Å². The summed E-state index contributed by atoms with van der Waals surface area (Å²) in [5, 5.41) is 6.01. The van der Waals surface area contributed by atoms with Crippen LogP contribution in [0.25, 0.3) is 10.8 Å². The molecule has 0 aromatic heterocycles. The SMILES string of the molecule is COc1ccc(CNCCCCN(C)C)c2ccccc12. The second kappa shape index (κ2) is 8.01. The number of nitrogens with one attached hydrogen (secondary N) is 1. The van der Waals surface area contributed by atoms with E-state index in [2.05, 4.69) is 60.7 Å². The van der Waals surface area contributed by atoms with E-state index in [9.17, 15) is 0 Å². The molecule has 0 fully saturated rings. The first-order valence-electron chi connectivity index (χ1n) is 7.62. The molecule has 0 saturated heterocycles. The number of hydrogen-bond donors (Lipinski definition) is 1. The first-order valence-corrected chi connectivity index (χ1v) is 7.62. The maximum Gasteiger partial charge on any atom is 0.126 e. The highest BCUT2D eigenvalue weighted by Gasteiger charge is 2.05. The van der Waals surface area contributed by atoms with Crippen LogP contribution >= 0.6 is 0 Å². The first-order chi connectivity index (χ1) is 10.2. The number of rotatable bonds is 8. The van der Waals surface area contributed by atoms with Gasteiger partial charge in [0.1, 0.15) is 5.75 Å². The van der Waals surface area contributed by atoms with Gasteiger partial charge in [-0.3, -0.25) is 0 Å². The van der Waals surface area contributed by atoms with Crippen LogP contribution in [-0.2, 0) is 6.54 Å². The second-order valence-electron chi connectivity index (χ2n) is 5.66. The minimum Gasteiger partial charge on any atom is -0.496 e. The molecule has 21 heavy (non-hydrogen) atoms. The average molecular weight is 286 g/mol. The molecule has 3 heteroatoms. The van der Waals surface area contributed by atoms with Gasteiger partial charge in [-0.15, -0.1) is 0 Å². The van der Waals surface area contributed by atoms with E-state index >= 15 is 0 Å². The van der Waals surface area contributed by atoms with Gasteiger partial charge in [0, 0.05) is 11.9 Å². The molecule has 0 radical (unpaired) electrons. The summed E-state index contributed by atoms with van der Waals surface area (Å²) in [6, 6.07) is 12.7. The minimum atomic E-state index is 0.909. The van der Waals surface area contributed by atoms with Crippen molar-refractivity contribution in [1.82, 2.24) is 10.2 Å². The second-order valence-corrected chi connectivity index (χ2v) is 5.66. The molecule has 0 aliphatic heterocycles. The minimum absolute atomic E-state index is 0.909. The summed E-state index contributed by atoms with van der Waals surface area (Å²) in [6.07, 6.45) is 2.45. The van der Waals surface area contributed by atoms with Crippen LogP contribution in [0.5, 0.6) is 5.75 Å². The van der Waals surface area contributed by atoms with Crippen molar-refractivity contribution < 1.29 is 4.74 Å². The maximum absolute atomic E-state index is 5.44. The molecule has 1 N–H and O–H groups in total. The summed E-state index contributed by atoms with van der Waals surface area (Å²) in [5.74, 6) is 0.945. The predicted molar refractivity (Wildman–Crippen MR) is 90.0 cm³/mol. The van der Waals surface area contributed by atoms with E-state index in [-0.39, 0.29) is 0 Å². The lowest BCUT2D eigenvalue weighted by Crippen LogP contribution is -2.18. The van der Waals surface area contributed by atoms with Gasteiger partial charge >= 0.3 is 0 Å². The fraction of sp³-hybridized carbons (Fsp3) is 0.444. The monoisotopic (exact) mass is 286 g/mol. The molecule has 0 spiro atoms. The number of methoxy groups -OCH3 is 1. The number of ether oxygens (including phenoxy) is 1. The Kier molecular flexibility index (Phi) is 6.03. The Morgan fingerprint density at radius 3 is 2.48 bits per heavy atom. The van der Waals surface area contributed by atoms with Gasteiger partial charge in [0.25, 0.3) is 0 Å². The van der Waals surface area contributed by atoms with Crippen molar-refractivity contribution >= 4 is 10.8 Å². The van der Waals surface area contributed by atoms with Gasteiger partial charge in [-0.05, 0) is 57.0 Å². The zero-order valence-corrected chi connectivity index (χ0v) is 13.4. The van der Waals surface area contributed by atoms with E-state index in [4.69, 9.17) is 4.74 Å². The number of benzene rings is 2.